The Kier molecular flexibility index (Phi) is 5.55. The van der Waals surface area contributed by atoms with Crippen LogP contribution in [0.5, 0.6) is 0 Å². The zero-order chi connectivity index (χ0) is 22.5. The fraction of sp³-hybridized carbons (Fsp3) is 0.500. The summed E-state index contributed by atoms with van der Waals surface area (Å²) >= 11 is 6.03. The summed E-state index contributed by atoms with van der Waals surface area (Å²) in [6.45, 7) is 5.61. The summed E-state index contributed by atoms with van der Waals surface area (Å²) in [5.74, 6) is 1.30. The molecule has 0 radical (unpaired) electrons. The molecule has 2 aromatic rings. The van der Waals surface area contributed by atoms with Crippen LogP contribution in [0, 0.1) is 0 Å². The minimum Gasteiger partial charge on any atom is -0.394 e. The Morgan fingerprint density at radius 2 is 1.97 bits per heavy atom. The molecule has 2 aliphatic heterocycles. The highest BCUT2D eigenvalue weighted by Gasteiger charge is 2.43. The van der Waals surface area contributed by atoms with E-state index in [0.717, 1.165) is 42.9 Å². The zero-order valence-electron chi connectivity index (χ0n) is 18.5. The first-order valence-electron chi connectivity index (χ1n) is 11.2. The number of fused-ring (bicyclic) bond motifs is 1. The molecular formula is C24H29ClN4O2S. The fourth-order valence-corrected chi connectivity index (χ4v) is 6.27. The number of aliphatic hydroxyl groups is 1. The minimum absolute atomic E-state index is 0.0496. The van der Waals surface area contributed by atoms with Crippen LogP contribution < -0.4 is 10.2 Å². The van der Waals surface area contributed by atoms with Crippen molar-refractivity contribution in [1.82, 2.24) is 9.97 Å². The molecule has 1 atom stereocenters. The zero-order valence-corrected chi connectivity index (χ0v) is 20.1. The summed E-state index contributed by atoms with van der Waals surface area (Å²) < 4.78 is 12.9. The monoisotopic (exact) mass is 472 g/mol. The quantitative estimate of drug-likeness (QED) is 0.679. The third-order valence-corrected chi connectivity index (χ3v) is 9.11. The van der Waals surface area contributed by atoms with Crippen LogP contribution >= 0.6 is 11.6 Å². The van der Waals surface area contributed by atoms with Crippen LogP contribution in [0.1, 0.15) is 50.8 Å². The Morgan fingerprint density at radius 1 is 1.22 bits per heavy atom. The lowest BCUT2D eigenvalue weighted by Crippen LogP contribution is -2.49. The van der Waals surface area contributed by atoms with Crippen molar-refractivity contribution in [2.45, 2.75) is 61.1 Å². The second-order valence-electron chi connectivity index (χ2n) is 9.70. The maximum Gasteiger partial charge on any atom is 0.227 e. The fourth-order valence-electron chi connectivity index (χ4n) is 4.72. The van der Waals surface area contributed by atoms with Crippen molar-refractivity contribution in [1.29, 1.82) is 0 Å². The first-order valence-corrected chi connectivity index (χ1v) is 12.7. The van der Waals surface area contributed by atoms with Gasteiger partial charge < -0.3 is 15.3 Å². The number of aromatic nitrogens is 2. The van der Waals surface area contributed by atoms with Crippen molar-refractivity contribution in [2.75, 3.05) is 29.9 Å². The van der Waals surface area contributed by atoms with Gasteiger partial charge in [-0.1, -0.05) is 29.8 Å². The summed E-state index contributed by atoms with van der Waals surface area (Å²) in [7, 11) is -1.19. The maximum atomic E-state index is 13.2. The number of rotatable bonds is 5. The summed E-state index contributed by atoms with van der Waals surface area (Å²) in [5.41, 5.74) is 2.99. The molecule has 1 aromatic heterocycles. The SMILES string of the molecule is CC1(C)Cc2nc(N3CC=C(c4ccc(Cl)cc4)CC3)nc(NC3(CO)CCC3)c2[S@@]1=O. The van der Waals surface area contributed by atoms with Crippen molar-refractivity contribution >= 4 is 39.7 Å². The number of halogens is 1. The maximum absolute atomic E-state index is 13.2. The highest BCUT2D eigenvalue weighted by Crippen LogP contribution is 2.42. The van der Waals surface area contributed by atoms with Crippen LogP contribution in [-0.4, -0.2) is 49.3 Å². The van der Waals surface area contributed by atoms with Gasteiger partial charge in [-0.15, -0.1) is 0 Å². The Bertz CT molecular complexity index is 1090. The van der Waals surface area contributed by atoms with Gasteiger partial charge in [0.2, 0.25) is 5.95 Å². The molecule has 0 amide bonds. The largest absolute Gasteiger partial charge is 0.394 e. The summed E-state index contributed by atoms with van der Waals surface area (Å²) in [6.07, 6.45) is 6.63. The van der Waals surface area contributed by atoms with Crippen molar-refractivity contribution < 1.29 is 9.32 Å². The van der Waals surface area contributed by atoms with E-state index < -0.39 is 10.8 Å². The topological polar surface area (TPSA) is 78.3 Å². The molecule has 6 nitrogen and oxygen atoms in total. The predicted octanol–water partition coefficient (Wildman–Crippen LogP) is 4.19. The van der Waals surface area contributed by atoms with E-state index in [1.165, 1.54) is 11.1 Å². The van der Waals surface area contributed by atoms with Gasteiger partial charge in [-0.05, 0) is 62.8 Å². The average molecular weight is 473 g/mol. The van der Waals surface area contributed by atoms with Gasteiger partial charge in [-0.3, -0.25) is 4.21 Å². The third-order valence-electron chi connectivity index (χ3n) is 6.91. The molecule has 0 unspecified atom stereocenters. The molecule has 0 bridgehead atoms. The molecule has 1 saturated carbocycles. The first-order chi connectivity index (χ1) is 15.3. The number of anilines is 2. The molecule has 1 aliphatic carbocycles. The number of hydrogen-bond donors (Lipinski definition) is 2. The summed E-state index contributed by atoms with van der Waals surface area (Å²) in [5, 5.41) is 14.2. The Hall–Kier alpha value is -1.96. The molecular weight excluding hydrogens is 444 g/mol. The summed E-state index contributed by atoms with van der Waals surface area (Å²) in [6, 6.07) is 7.96. The Balaban J connectivity index is 1.46. The standard InChI is InChI=1S/C24H29ClN4O2S/c1-23(2)14-19-20(32(23)31)21(28-24(15-30)10-3-11-24)27-22(26-19)29-12-8-17(9-13-29)16-4-6-18(25)7-5-16/h4-8,30H,3,9-15H2,1-2H3,(H,26,27,28)/t32-/m0/s1. The lowest BCUT2D eigenvalue weighted by molar-refractivity contribution is 0.143. The molecule has 1 fully saturated rings. The van der Waals surface area contributed by atoms with E-state index in [1.54, 1.807) is 0 Å². The molecule has 2 N–H and O–H groups in total. The van der Waals surface area contributed by atoms with Gasteiger partial charge in [0.25, 0.3) is 0 Å². The number of benzene rings is 1. The van der Waals surface area contributed by atoms with Crippen molar-refractivity contribution in [2.24, 2.45) is 0 Å². The van der Waals surface area contributed by atoms with Crippen LogP contribution in [-0.2, 0) is 17.2 Å². The highest BCUT2D eigenvalue weighted by molar-refractivity contribution is 7.87. The smallest absolute Gasteiger partial charge is 0.227 e. The van der Waals surface area contributed by atoms with Gasteiger partial charge in [-0.2, -0.15) is 4.98 Å². The normalized spacial score (nSPS) is 23.3. The number of hydrogen-bond acceptors (Lipinski definition) is 6. The molecule has 32 heavy (non-hydrogen) atoms. The average Bonchev–Trinajstić information content (AvgIpc) is 2.99. The number of nitrogens with zero attached hydrogens (tertiary/aromatic N) is 3. The number of aliphatic hydroxyl groups excluding tert-OH is 1. The van der Waals surface area contributed by atoms with Crippen molar-refractivity contribution in [3.8, 4) is 0 Å². The molecule has 0 saturated heterocycles. The molecule has 3 heterocycles. The van der Waals surface area contributed by atoms with Gasteiger partial charge in [0.1, 0.15) is 10.7 Å². The lowest BCUT2D eigenvalue weighted by Gasteiger charge is -2.41. The van der Waals surface area contributed by atoms with Crippen molar-refractivity contribution in [3.63, 3.8) is 0 Å². The minimum atomic E-state index is -1.19. The van der Waals surface area contributed by atoms with Crippen LogP contribution in [0.3, 0.4) is 0 Å². The van der Waals surface area contributed by atoms with Gasteiger partial charge in [0.05, 0.1) is 33.4 Å². The van der Waals surface area contributed by atoms with Crippen LogP contribution in [0.25, 0.3) is 5.57 Å². The van der Waals surface area contributed by atoms with Gasteiger partial charge in [-0.25, -0.2) is 4.98 Å². The Morgan fingerprint density at radius 3 is 2.56 bits per heavy atom. The molecule has 0 spiro atoms. The van der Waals surface area contributed by atoms with Gasteiger partial charge in [0, 0.05) is 24.5 Å². The molecule has 5 rings (SSSR count). The molecule has 1 aromatic carbocycles. The molecule has 8 heteroatoms. The molecule has 3 aliphatic rings. The van der Waals surface area contributed by atoms with Gasteiger partial charge in [0.15, 0.2) is 0 Å². The van der Waals surface area contributed by atoms with E-state index in [2.05, 4.69) is 28.4 Å². The first kappa shape index (κ1) is 21.9. The second kappa shape index (κ2) is 8.12. The van der Waals surface area contributed by atoms with E-state index in [0.29, 0.717) is 29.6 Å². The van der Waals surface area contributed by atoms with E-state index in [9.17, 15) is 9.32 Å². The second-order valence-corrected chi connectivity index (χ2v) is 12.2. The van der Waals surface area contributed by atoms with Crippen molar-refractivity contribution in [3.05, 3.63) is 46.6 Å². The van der Waals surface area contributed by atoms with Crippen LogP contribution in [0.15, 0.2) is 35.2 Å². The van der Waals surface area contributed by atoms with E-state index in [1.807, 2.05) is 26.0 Å². The molecule has 170 valence electrons. The summed E-state index contributed by atoms with van der Waals surface area (Å²) in [4.78, 5) is 12.6. The van der Waals surface area contributed by atoms with Crippen LogP contribution in [0.4, 0.5) is 11.8 Å². The lowest BCUT2D eigenvalue weighted by atomic mass is 9.77. The van der Waals surface area contributed by atoms with E-state index >= 15 is 0 Å². The third kappa shape index (κ3) is 3.84. The van der Waals surface area contributed by atoms with Crippen LogP contribution in [0.2, 0.25) is 5.02 Å². The predicted molar refractivity (Wildman–Crippen MR) is 130 cm³/mol. The number of nitrogens with one attached hydrogen (secondary N) is 1. The van der Waals surface area contributed by atoms with Gasteiger partial charge >= 0.3 is 0 Å². The van der Waals surface area contributed by atoms with E-state index in [-0.39, 0.29) is 16.9 Å². The van der Waals surface area contributed by atoms with E-state index in [4.69, 9.17) is 21.6 Å². The highest BCUT2D eigenvalue weighted by atomic mass is 35.5. The Labute approximate surface area is 196 Å².